The average Bonchev–Trinajstić information content (AvgIpc) is 2.37. The summed E-state index contributed by atoms with van der Waals surface area (Å²) >= 11 is 11.5. The number of nitrogens with one attached hydrogen (secondary N) is 1. The molecule has 0 saturated heterocycles. The number of hydrogen-bond donors (Lipinski definition) is 2. The molecule has 1 aromatic heterocycles. The first-order chi connectivity index (χ1) is 9.79. The van der Waals surface area contributed by atoms with Gasteiger partial charge in [-0.2, -0.15) is 0 Å². The Morgan fingerprint density at radius 2 is 1.81 bits per heavy atom. The van der Waals surface area contributed by atoms with Gasteiger partial charge in [0.05, 0.1) is 5.41 Å². The maximum Gasteiger partial charge on any atom is 0.235 e. The quantitative estimate of drug-likeness (QED) is 0.515. The predicted octanol–water partition coefficient (Wildman–Crippen LogP) is 3.28. The standard InChI is InChI=1S/C14H14Cl2N4O/c1-14(2,8-3-5-9(17)6-4-8)12(21)19-11-7-10(15)18-13(16)20-11/h3-7H,17H2,1-2H3,(H,18,19,20,21). The van der Waals surface area contributed by atoms with Crippen molar-refractivity contribution < 1.29 is 4.79 Å². The van der Waals surface area contributed by atoms with Gasteiger partial charge in [0.25, 0.3) is 0 Å². The van der Waals surface area contributed by atoms with E-state index in [1.54, 1.807) is 26.0 Å². The molecule has 0 aliphatic carbocycles. The molecule has 0 atom stereocenters. The van der Waals surface area contributed by atoms with Crippen LogP contribution in [0.2, 0.25) is 10.4 Å². The first-order valence-corrected chi connectivity index (χ1v) is 6.92. The lowest BCUT2D eigenvalue weighted by Gasteiger charge is -2.24. The Bertz CT molecular complexity index is 651. The van der Waals surface area contributed by atoms with Crippen molar-refractivity contribution in [2.45, 2.75) is 19.3 Å². The molecule has 0 fully saturated rings. The van der Waals surface area contributed by atoms with Gasteiger partial charge < -0.3 is 11.1 Å². The molecule has 7 heteroatoms. The van der Waals surface area contributed by atoms with E-state index in [9.17, 15) is 4.79 Å². The second-order valence-corrected chi connectivity index (χ2v) is 5.77. The number of nitrogens with zero attached hydrogens (tertiary/aromatic N) is 2. The molecular weight excluding hydrogens is 311 g/mol. The van der Waals surface area contributed by atoms with E-state index < -0.39 is 5.41 Å². The van der Waals surface area contributed by atoms with E-state index in [1.807, 2.05) is 12.1 Å². The summed E-state index contributed by atoms with van der Waals surface area (Å²) in [6.07, 6.45) is 0. The van der Waals surface area contributed by atoms with Crippen molar-refractivity contribution >= 4 is 40.6 Å². The fourth-order valence-corrected chi connectivity index (χ4v) is 2.17. The number of hydrogen-bond acceptors (Lipinski definition) is 4. The second kappa shape index (κ2) is 5.87. The normalized spacial score (nSPS) is 11.2. The number of rotatable bonds is 3. The van der Waals surface area contributed by atoms with Crippen LogP contribution in [-0.2, 0) is 10.2 Å². The van der Waals surface area contributed by atoms with Gasteiger partial charge in [0.1, 0.15) is 11.0 Å². The highest BCUT2D eigenvalue weighted by atomic mass is 35.5. The van der Waals surface area contributed by atoms with Gasteiger partial charge in [-0.15, -0.1) is 0 Å². The summed E-state index contributed by atoms with van der Waals surface area (Å²) in [4.78, 5) is 20.1. The molecule has 0 spiro atoms. The maximum atomic E-state index is 12.5. The largest absolute Gasteiger partial charge is 0.399 e. The smallest absolute Gasteiger partial charge is 0.235 e. The van der Waals surface area contributed by atoms with Crippen LogP contribution >= 0.6 is 23.2 Å². The molecule has 21 heavy (non-hydrogen) atoms. The Morgan fingerprint density at radius 3 is 2.38 bits per heavy atom. The molecule has 0 unspecified atom stereocenters. The number of nitrogen functional groups attached to an aromatic ring is 1. The molecule has 0 aliphatic heterocycles. The monoisotopic (exact) mass is 324 g/mol. The van der Waals surface area contributed by atoms with E-state index in [-0.39, 0.29) is 22.2 Å². The van der Waals surface area contributed by atoms with Crippen LogP contribution in [0, 0.1) is 0 Å². The van der Waals surface area contributed by atoms with Gasteiger partial charge in [0.15, 0.2) is 0 Å². The van der Waals surface area contributed by atoms with E-state index in [1.165, 1.54) is 6.07 Å². The van der Waals surface area contributed by atoms with Gasteiger partial charge in [-0.3, -0.25) is 4.79 Å². The van der Waals surface area contributed by atoms with E-state index in [4.69, 9.17) is 28.9 Å². The van der Waals surface area contributed by atoms with Crippen LogP contribution in [0.25, 0.3) is 0 Å². The highest BCUT2D eigenvalue weighted by Gasteiger charge is 2.30. The Kier molecular flexibility index (Phi) is 4.34. The Balaban J connectivity index is 2.23. The van der Waals surface area contributed by atoms with Gasteiger partial charge in [0.2, 0.25) is 11.2 Å². The summed E-state index contributed by atoms with van der Waals surface area (Å²) in [7, 11) is 0. The zero-order valence-corrected chi connectivity index (χ0v) is 13.0. The van der Waals surface area contributed by atoms with Gasteiger partial charge in [-0.1, -0.05) is 23.7 Å². The Hall–Kier alpha value is -1.85. The SMILES string of the molecule is CC(C)(C(=O)Nc1cc(Cl)nc(Cl)n1)c1ccc(N)cc1. The van der Waals surface area contributed by atoms with Gasteiger partial charge in [0, 0.05) is 11.8 Å². The number of anilines is 2. The minimum atomic E-state index is -0.766. The maximum absolute atomic E-state index is 12.5. The van der Waals surface area contributed by atoms with Crippen LogP contribution in [0.3, 0.4) is 0 Å². The lowest BCUT2D eigenvalue weighted by atomic mass is 9.83. The number of carbonyl (C=O) groups excluding carboxylic acids is 1. The zero-order valence-electron chi connectivity index (χ0n) is 11.5. The van der Waals surface area contributed by atoms with Crippen molar-refractivity contribution in [2.24, 2.45) is 0 Å². The minimum Gasteiger partial charge on any atom is -0.399 e. The summed E-state index contributed by atoms with van der Waals surface area (Å²) in [6, 6.07) is 8.57. The molecule has 110 valence electrons. The van der Waals surface area contributed by atoms with Gasteiger partial charge >= 0.3 is 0 Å². The van der Waals surface area contributed by atoms with Crippen LogP contribution in [0.4, 0.5) is 11.5 Å². The van der Waals surface area contributed by atoms with Crippen molar-refractivity contribution in [3.63, 3.8) is 0 Å². The summed E-state index contributed by atoms with van der Waals surface area (Å²) in [5, 5.41) is 2.82. The number of aromatic nitrogens is 2. The number of benzene rings is 1. The third-order valence-electron chi connectivity index (χ3n) is 3.11. The third-order valence-corrected chi connectivity index (χ3v) is 3.47. The first kappa shape index (κ1) is 15.5. The van der Waals surface area contributed by atoms with Crippen molar-refractivity contribution in [3.8, 4) is 0 Å². The lowest BCUT2D eigenvalue weighted by molar-refractivity contribution is -0.120. The minimum absolute atomic E-state index is 0.0249. The zero-order chi connectivity index (χ0) is 15.6. The number of carbonyl (C=O) groups is 1. The molecule has 1 aromatic carbocycles. The highest BCUT2D eigenvalue weighted by molar-refractivity contribution is 6.32. The number of amides is 1. The summed E-state index contributed by atoms with van der Waals surface area (Å²) < 4.78 is 0. The molecule has 3 N–H and O–H groups in total. The fourth-order valence-electron chi connectivity index (χ4n) is 1.76. The molecule has 0 radical (unpaired) electrons. The molecule has 2 rings (SSSR count). The van der Waals surface area contributed by atoms with Crippen LogP contribution in [0.1, 0.15) is 19.4 Å². The van der Waals surface area contributed by atoms with Crippen molar-refractivity contribution in [1.82, 2.24) is 9.97 Å². The van der Waals surface area contributed by atoms with Crippen LogP contribution < -0.4 is 11.1 Å². The third kappa shape index (κ3) is 3.62. The summed E-state index contributed by atoms with van der Waals surface area (Å²) in [5.74, 6) is 0.0200. The molecule has 1 heterocycles. The molecule has 0 bridgehead atoms. The second-order valence-electron chi connectivity index (χ2n) is 5.05. The summed E-state index contributed by atoms with van der Waals surface area (Å²) in [6.45, 7) is 3.61. The molecule has 0 aliphatic rings. The van der Waals surface area contributed by atoms with Crippen molar-refractivity contribution in [1.29, 1.82) is 0 Å². The van der Waals surface area contributed by atoms with E-state index in [0.717, 1.165) is 5.56 Å². The van der Waals surface area contributed by atoms with E-state index in [2.05, 4.69) is 15.3 Å². The first-order valence-electron chi connectivity index (χ1n) is 6.16. The molecule has 2 aromatic rings. The molecule has 0 saturated carbocycles. The van der Waals surface area contributed by atoms with Crippen molar-refractivity contribution in [3.05, 3.63) is 46.3 Å². The van der Waals surface area contributed by atoms with Crippen LogP contribution in [-0.4, -0.2) is 15.9 Å². The van der Waals surface area contributed by atoms with Crippen LogP contribution in [0.15, 0.2) is 30.3 Å². The molecular formula is C14H14Cl2N4O. The Labute approximate surface area is 132 Å². The fraction of sp³-hybridized carbons (Fsp3) is 0.214. The molecule has 5 nitrogen and oxygen atoms in total. The van der Waals surface area contributed by atoms with E-state index in [0.29, 0.717) is 5.69 Å². The summed E-state index contributed by atoms with van der Waals surface area (Å²) in [5.41, 5.74) is 6.37. The Morgan fingerprint density at radius 1 is 1.19 bits per heavy atom. The van der Waals surface area contributed by atoms with Crippen molar-refractivity contribution in [2.75, 3.05) is 11.1 Å². The van der Waals surface area contributed by atoms with Gasteiger partial charge in [-0.05, 0) is 43.1 Å². The van der Waals surface area contributed by atoms with E-state index >= 15 is 0 Å². The topological polar surface area (TPSA) is 80.9 Å². The average molecular weight is 325 g/mol. The van der Waals surface area contributed by atoms with Gasteiger partial charge in [-0.25, -0.2) is 9.97 Å². The lowest BCUT2D eigenvalue weighted by Crippen LogP contribution is -2.35. The van der Waals surface area contributed by atoms with Crippen LogP contribution in [0.5, 0.6) is 0 Å². The highest BCUT2D eigenvalue weighted by Crippen LogP contribution is 2.26. The number of nitrogens with two attached hydrogens (primary N) is 1. The molecule has 1 amide bonds. The predicted molar refractivity (Wildman–Crippen MR) is 84.6 cm³/mol. The number of halogens is 2.